The average molecular weight is 197 g/mol. The van der Waals surface area contributed by atoms with E-state index in [0.717, 1.165) is 6.54 Å². The molecule has 1 heterocycles. The van der Waals surface area contributed by atoms with E-state index in [2.05, 4.69) is 20.8 Å². The summed E-state index contributed by atoms with van der Waals surface area (Å²) < 4.78 is 0. The van der Waals surface area contributed by atoms with Crippen LogP contribution in [0.3, 0.4) is 0 Å². The molecule has 2 heteroatoms. The van der Waals surface area contributed by atoms with Crippen LogP contribution in [0.25, 0.3) is 0 Å². The number of rotatable bonds is 2. The van der Waals surface area contributed by atoms with E-state index in [4.69, 9.17) is 0 Å². The molecule has 2 nitrogen and oxygen atoms in total. The van der Waals surface area contributed by atoms with Crippen LogP contribution >= 0.6 is 0 Å². The number of carbonyl (C=O) groups is 1. The van der Waals surface area contributed by atoms with Crippen molar-refractivity contribution in [2.24, 2.45) is 5.41 Å². The fourth-order valence-electron chi connectivity index (χ4n) is 2.15. The number of carbonyl (C=O) groups excluding carboxylic acids is 1. The van der Waals surface area contributed by atoms with Gasteiger partial charge >= 0.3 is 0 Å². The van der Waals surface area contributed by atoms with E-state index in [1.807, 2.05) is 4.90 Å². The van der Waals surface area contributed by atoms with Crippen LogP contribution in [-0.4, -0.2) is 23.4 Å². The van der Waals surface area contributed by atoms with Crippen LogP contribution in [0, 0.1) is 5.41 Å². The number of hydrogen-bond donors (Lipinski definition) is 0. The number of amides is 1. The third kappa shape index (κ3) is 3.32. The first kappa shape index (κ1) is 11.5. The summed E-state index contributed by atoms with van der Waals surface area (Å²) in [6.07, 6.45) is 4.77. The van der Waals surface area contributed by atoms with Gasteiger partial charge in [0.15, 0.2) is 0 Å². The number of likely N-dealkylation sites (tertiary alicyclic amines) is 1. The zero-order valence-corrected chi connectivity index (χ0v) is 9.97. The molecule has 0 radical (unpaired) electrons. The lowest BCUT2D eigenvalue weighted by Gasteiger charge is -2.26. The number of hydrogen-bond acceptors (Lipinski definition) is 1. The van der Waals surface area contributed by atoms with Crippen LogP contribution in [0.2, 0.25) is 0 Å². The van der Waals surface area contributed by atoms with Gasteiger partial charge in [-0.25, -0.2) is 0 Å². The Hall–Kier alpha value is -0.530. The second-order valence-corrected chi connectivity index (χ2v) is 5.61. The molecule has 1 aliphatic heterocycles. The Morgan fingerprint density at radius 1 is 1.43 bits per heavy atom. The Bertz CT molecular complexity index is 205. The molecule has 0 aliphatic carbocycles. The second-order valence-electron chi connectivity index (χ2n) is 5.61. The highest BCUT2D eigenvalue weighted by molar-refractivity contribution is 5.73. The maximum Gasteiger partial charge on any atom is 0.219 e. The molecule has 1 saturated heterocycles. The molecule has 1 fully saturated rings. The monoisotopic (exact) mass is 197 g/mol. The van der Waals surface area contributed by atoms with Crippen molar-refractivity contribution >= 4 is 5.91 Å². The van der Waals surface area contributed by atoms with Gasteiger partial charge in [-0.05, 0) is 31.1 Å². The lowest BCUT2D eigenvalue weighted by Crippen LogP contribution is -2.34. The van der Waals surface area contributed by atoms with Gasteiger partial charge < -0.3 is 4.90 Å². The van der Waals surface area contributed by atoms with Gasteiger partial charge in [-0.15, -0.1) is 0 Å². The zero-order valence-electron chi connectivity index (χ0n) is 9.97. The van der Waals surface area contributed by atoms with Gasteiger partial charge in [-0.1, -0.05) is 20.8 Å². The Morgan fingerprint density at radius 3 is 2.57 bits per heavy atom. The molecule has 14 heavy (non-hydrogen) atoms. The summed E-state index contributed by atoms with van der Waals surface area (Å²) in [6, 6.07) is 0.520. The molecule has 1 aliphatic rings. The molecule has 0 aromatic heterocycles. The minimum absolute atomic E-state index is 0.251. The van der Waals surface area contributed by atoms with E-state index in [0.29, 0.717) is 11.5 Å². The van der Waals surface area contributed by atoms with Gasteiger partial charge in [0, 0.05) is 19.5 Å². The fourth-order valence-corrected chi connectivity index (χ4v) is 2.15. The van der Waals surface area contributed by atoms with Crippen molar-refractivity contribution in [1.29, 1.82) is 0 Å². The highest BCUT2D eigenvalue weighted by Gasteiger charge is 2.27. The quantitative estimate of drug-likeness (QED) is 0.666. The first-order valence-corrected chi connectivity index (χ1v) is 5.67. The van der Waals surface area contributed by atoms with Crippen LogP contribution in [0.15, 0.2) is 0 Å². The molecule has 0 aromatic carbocycles. The molecule has 0 spiro atoms. The summed E-state index contributed by atoms with van der Waals surface area (Å²) in [6.45, 7) is 9.46. The van der Waals surface area contributed by atoms with Gasteiger partial charge in [0.1, 0.15) is 0 Å². The van der Waals surface area contributed by atoms with Crippen LogP contribution < -0.4 is 0 Å². The Morgan fingerprint density at radius 2 is 2.07 bits per heavy atom. The molecule has 1 rings (SSSR count). The highest BCUT2D eigenvalue weighted by Crippen LogP contribution is 2.27. The SMILES string of the molecule is CC(=O)N1CCCC1CCC(C)(C)C. The highest BCUT2D eigenvalue weighted by atomic mass is 16.2. The lowest BCUT2D eigenvalue weighted by molar-refractivity contribution is -0.129. The van der Waals surface area contributed by atoms with Crippen molar-refractivity contribution in [3.63, 3.8) is 0 Å². The van der Waals surface area contributed by atoms with Crippen molar-refractivity contribution in [1.82, 2.24) is 4.90 Å². The summed E-state index contributed by atoms with van der Waals surface area (Å²) in [5.41, 5.74) is 0.394. The Labute approximate surface area is 87.7 Å². The minimum Gasteiger partial charge on any atom is -0.340 e. The first-order valence-electron chi connectivity index (χ1n) is 5.67. The molecule has 0 aromatic rings. The van der Waals surface area contributed by atoms with E-state index in [9.17, 15) is 4.79 Å². The predicted molar refractivity (Wildman–Crippen MR) is 59.1 cm³/mol. The van der Waals surface area contributed by atoms with Crippen LogP contribution in [0.5, 0.6) is 0 Å². The summed E-state index contributed by atoms with van der Waals surface area (Å²) in [5.74, 6) is 0.251. The smallest absolute Gasteiger partial charge is 0.219 e. The molecule has 0 saturated carbocycles. The molecule has 1 atom stereocenters. The van der Waals surface area contributed by atoms with Crippen molar-refractivity contribution in [2.75, 3.05) is 6.54 Å². The zero-order chi connectivity index (χ0) is 10.8. The third-order valence-electron chi connectivity index (χ3n) is 3.01. The van der Waals surface area contributed by atoms with Gasteiger partial charge in [-0.2, -0.15) is 0 Å². The molecule has 0 bridgehead atoms. The molecule has 1 unspecified atom stereocenters. The third-order valence-corrected chi connectivity index (χ3v) is 3.01. The predicted octanol–water partition coefficient (Wildman–Crippen LogP) is 2.82. The van der Waals surface area contributed by atoms with Gasteiger partial charge in [0.2, 0.25) is 5.91 Å². The van der Waals surface area contributed by atoms with E-state index >= 15 is 0 Å². The first-order chi connectivity index (χ1) is 6.40. The van der Waals surface area contributed by atoms with Crippen LogP contribution in [-0.2, 0) is 4.79 Å². The van der Waals surface area contributed by atoms with Crippen molar-refractivity contribution in [2.45, 2.75) is 59.4 Å². The lowest BCUT2D eigenvalue weighted by atomic mass is 9.88. The fraction of sp³-hybridized carbons (Fsp3) is 0.917. The second kappa shape index (κ2) is 4.33. The van der Waals surface area contributed by atoms with Crippen molar-refractivity contribution in [3.05, 3.63) is 0 Å². The minimum atomic E-state index is 0.251. The van der Waals surface area contributed by atoms with Crippen molar-refractivity contribution < 1.29 is 4.79 Å². The van der Waals surface area contributed by atoms with E-state index in [1.165, 1.54) is 25.7 Å². The maximum absolute atomic E-state index is 11.3. The molecular formula is C12H23NO. The van der Waals surface area contributed by atoms with Crippen molar-refractivity contribution in [3.8, 4) is 0 Å². The largest absolute Gasteiger partial charge is 0.340 e. The summed E-state index contributed by atoms with van der Waals surface area (Å²) in [5, 5.41) is 0. The van der Waals surface area contributed by atoms with Crippen LogP contribution in [0.4, 0.5) is 0 Å². The van der Waals surface area contributed by atoms with Gasteiger partial charge in [0.25, 0.3) is 0 Å². The standard InChI is InChI=1S/C12H23NO/c1-10(14)13-9-5-6-11(13)7-8-12(2,3)4/h11H,5-9H2,1-4H3. The Balaban J connectivity index is 2.40. The number of nitrogens with zero attached hydrogens (tertiary/aromatic N) is 1. The molecule has 0 N–H and O–H groups in total. The normalized spacial score (nSPS) is 22.9. The molecule has 1 amide bonds. The van der Waals surface area contributed by atoms with Gasteiger partial charge in [-0.3, -0.25) is 4.79 Å². The Kier molecular flexibility index (Phi) is 3.57. The maximum atomic E-state index is 11.3. The molecule has 82 valence electrons. The summed E-state index contributed by atoms with van der Waals surface area (Å²) >= 11 is 0. The van der Waals surface area contributed by atoms with E-state index in [-0.39, 0.29) is 5.91 Å². The summed E-state index contributed by atoms with van der Waals surface area (Å²) in [7, 11) is 0. The van der Waals surface area contributed by atoms with E-state index < -0.39 is 0 Å². The van der Waals surface area contributed by atoms with E-state index in [1.54, 1.807) is 6.92 Å². The molecular weight excluding hydrogens is 174 g/mol. The van der Waals surface area contributed by atoms with Crippen LogP contribution in [0.1, 0.15) is 53.4 Å². The van der Waals surface area contributed by atoms with Gasteiger partial charge in [0.05, 0.1) is 0 Å². The topological polar surface area (TPSA) is 20.3 Å². The average Bonchev–Trinajstić information content (AvgIpc) is 2.46. The summed E-state index contributed by atoms with van der Waals surface area (Å²) in [4.78, 5) is 13.4.